The number of aryl methyl sites for hydroxylation is 1. The highest BCUT2D eigenvalue weighted by atomic mass is 15.1. The van der Waals surface area contributed by atoms with Gasteiger partial charge in [-0.3, -0.25) is 0 Å². The van der Waals surface area contributed by atoms with Gasteiger partial charge in [-0.15, -0.1) is 0 Å². The fraction of sp³-hybridized carbons (Fsp3) is 0.684. The molecule has 0 amide bonds. The van der Waals surface area contributed by atoms with E-state index in [0.717, 1.165) is 0 Å². The molecule has 0 radical (unpaired) electrons. The standard InChI is InChI=1S/C19H34N2/c1-5-7-16-21(17-8-6-2)19-13-11-18(12-14-19)10-9-15-20(3)4/h11-14H,5-10,15-17H2,1-4H3. The second-order valence-electron chi connectivity index (χ2n) is 6.27. The van der Waals surface area contributed by atoms with Crippen molar-refractivity contribution in [1.29, 1.82) is 0 Å². The first-order valence-electron chi connectivity index (χ1n) is 8.66. The van der Waals surface area contributed by atoms with Crippen molar-refractivity contribution in [3.05, 3.63) is 29.8 Å². The lowest BCUT2D eigenvalue weighted by molar-refractivity contribution is 0.400. The molecule has 0 fully saturated rings. The van der Waals surface area contributed by atoms with Gasteiger partial charge in [0.25, 0.3) is 0 Å². The van der Waals surface area contributed by atoms with E-state index in [1.807, 2.05) is 0 Å². The SMILES string of the molecule is CCCCN(CCCC)c1ccc(CCCN(C)C)cc1. The lowest BCUT2D eigenvalue weighted by atomic mass is 10.1. The first-order chi connectivity index (χ1) is 10.2. The molecular formula is C19H34N2. The van der Waals surface area contributed by atoms with Crippen molar-refractivity contribution >= 4 is 5.69 Å². The van der Waals surface area contributed by atoms with Gasteiger partial charge in [0.15, 0.2) is 0 Å². The third-order valence-corrected chi connectivity index (χ3v) is 3.94. The van der Waals surface area contributed by atoms with E-state index in [1.165, 1.54) is 69.4 Å². The zero-order chi connectivity index (χ0) is 15.5. The van der Waals surface area contributed by atoms with E-state index in [2.05, 4.69) is 62.0 Å². The lowest BCUT2D eigenvalue weighted by Crippen LogP contribution is -2.25. The number of nitrogens with zero attached hydrogens (tertiary/aromatic N) is 2. The molecule has 0 aliphatic carbocycles. The van der Waals surface area contributed by atoms with Gasteiger partial charge >= 0.3 is 0 Å². The van der Waals surface area contributed by atoms with E-state index in [0.29, 0.717) is 0 Å². The van der Waals surface area contributed by atoms with Crippen LogP contribution >= 0.6 is 0 Å². The average molecular weight is 290 g/mol. The predicted molar refractivity (Wildman–Crippen MR) is 95.3 cm³/mol. The van der Waals surface area contributed by atoms with Gasteiger partial charge < -0.3 is 9.80 Å². The molecule has 0 bridgehead atoms. The Morgan fingerprint density at radius 1 is 0.762 bits per heavy atom. The number of rotatable bonds is 11. The largest absolute Gasteiger partial charge is 0.372 e. The topological polar surface area (TPSA) is 6.48 Å². The molecule has 0 aliphatic rings. The summed E-state index contributed by atoms with van der Waals surface area (Å²) < 4.78 is 0. The van der Waals surface area contributed by atoms with Crippen LogP contribution in [0, 0.1) is 0 Å². The van der Waals surface area contributed by atoms with E-state index in [9.17, 15) is 0 Å². The zero-order valence-electron chi connectivity index (χ0n) is 14.6. The van der Waals surface area contributed by atoms with Gasteiger partial charge in [-0.25, -0.2) is 0 Å². The quantitative estimate of drug-likeness (QED) is 0.588. The minimum atomic E-state index is 1.17. The third kappa shape index (κ3) is 7.52. The number of unbranched alkanes of at least 4 members (excludes halogenated alkanes) is 2. The van der Waals surface area contributed by atoms with Gasteiger partial charge in [0.1, 0.15) is 0 Å². The fourth-order valence-corrected chi connectivity index (χ4v) is 2.54. The van der Waals surface area contributed by atoms with Crippen LogP contribution in [-0.4, -0.2) is 38.6 Å². The van der Waals surface area contributed by atoms with Crippen LogP contribution in [0.3, 0.4) is 0 Å². The summed E-state index contributed by atoms with van der Waals surface area (Å²) in [7, 11) is 4.28. The molecule has 1 rings (SSSR count). The molecule has 0 aromatic heterocycles. The maximum Gasteiger partial charge on any atom is 0.0366 e. The van der Waals surface area contributed by atoms with Gasteiger partial charge in [0.05, 0.1) is 0 Å². The summed E-state index contributed by atoms with van der Waals surface area (Å²) in [6.45, 7) is 8.09. The van der Waals surface area contributed by atoms with E-state index in [-0.39, 0.29) is 0 Å². The predicted octanol–water partition coefficient (Wildman–Crippen LogP) is 4.59. The van der Waals surface area contributed by atoms with Gasteiger partial charge in [-0.1, -0.05) is 38.8 Å². The van der Waals surface area contributed by atoms with Crippen LogP contribution in [0.15, 0.2) is 24.3 Å². The van der Waals surface area contributed by atoms with E-state index in [4.69, 9.17) is 0 Å². The Balaban J connectivity index is 2.55. The van der Waals surface area contributed by atoms with Crippen LogP contribution in [0.4, 0.5) is 5.69 Å². The molecule has 1 aromatic rings. The molecule has 0 unspecified atom stereocenters. The molecule has 120 valence electrons. The summed E-state index contributed by atoms with van der Waals surface area (Å²) >= 11 is 0. The normalized spacial score (nSPS) is 11.1. The summed E-state index contributed by atoms with van der Waals surface area (Å²) in [5, 5.41) is 0. The van der Waals surface area contributed by atoms with Crippen molar-refractivity contribution in [3.63, 3.8) is 0 Å². The number of hydrogen-bond donors (Lipinski definition) is 0. The minimum Gasteiger partial charge on any atom is -0.372 e. The number of benzene rings is 1. The van der Waals surface area contributed by atoms with Crippen LogP contribution in [-0.2, 0) is 6.42 Å². The molecule has 1 aromatic carbocycles. The van der Waals surface area contributed by atoms with Crippen molar-refractivity contribution in [2.75, 3.05) is 38.6 Å². The fourth-order valence-electron chi connectivity index (χ4n) is 2.54. The zero-order valence-corrected chi connectivity index (χ0v) is 14.6. The van der Waals surface area contributed by atoms with Crippen molar-refractivity contribution < 1.29 is 0 Å². The summed E-state index contributed by atoms with van der Waals surface area (Å²) in [4.78, 5) is 4.81. The second-order valence-corrected chi connectivity index (χ2v) is 6.27. The number of hydrogen-bond acceptors (Lipinski definition) is 2. The molecule has 0 atom stereocenters. The Hall–Kier alpha value is -1.02. The highest BCUT2D eigenvalue weighted by Crippen LogP contribution is 2.17. The third-order valence-electron chi connectivity index (χ3n) is 3.94. The first-order valence-corrected chi connectivity index (χ1v) is 8.66. The van der Waals surface area contributed by atoms with Gasteiger partial charge in [0.2, 0.25) is 0 Å². The minimum absolute atomic E-state index is 1.17. The van der Waals surface area contributed by atoms with E-state index in [1.54, 1.807) is 0 Å². The Morgan fingerprint density at radius 3 is 1.81 bits per heavy atom. The molecular weight excluding hydrogens is 256 g/mol. The molecule has 0 saturated heterocycles. The smallest absolute Gasteiger partial charge is 0.0366 e. The van der Waals surface area contributed by atoms with Crippen LogP contribution in [0.25, 0.3) is 0 Å². The van der Waals surface area contributed by atoms with E-state index < -0.39 is 0 Å². The van der Waals surface area contributed by atoms with Crippen LogP contribution in [0.2, 0.25) is 0 Å². The Labute approximate surface area is 132 Å². The summed E-state index contributed by atoms with van der Waals surface area (Å²) in [6.07, 6.45) is 7.53. The van der Waals surface area contributed by atoms with Crippen LogP contribution in [0.1, 0.15) is 51.5 Å². The van der Waals surface area contributed by atoms with E-state index >= 15 is 0 Å². The molecule has 0 saturated carbocycles. The van der Waals surface area contributed by atoms with Crippen molar-refractivity contribution in [2.24, 2.45) is 0 Å². The summed E-state index contributed by atoms with van der Waals surface area (Å²) in [5.41, 5.74) is 2.86. The average Bonchev–Trinajstić information content (AvgIpc) is 2.48. The molecule has 21 heavy (non-hydrogen) atoms. The van der Waals surface area contributed by atoms with Gasteiger partial charge in [0, 0.05) is 18.8 Å². The highest BCUT2D eigenvalue weighted by molar-refractivity contribution is 5.47. The lowest BCUT2D eigenvalue weighted by Gasteiger charge is -2.25. The Morgan fingerprint density at radius 2 is 1.33 bits per heavy atom. The van der Waals surface area contributed by atoms with Crippen molar-refractivity contribution in [3.8, 4) is 0 Å². The molecule has 0 spiro atoms. The highest BCUT2D eigenvalue weighted by Gasteiger charge is 2.05. The summed E-state index contributed by atoms with van der Waals surface area (Å²) in [6, 6.07) is 9.26. The van der Waals surface area contributed by atoms with Gasteiger partial charge in [-0.2, -0.15) is 0 Å². The molecule has 0 aliphatic heterocycles. The first kappa shape index (κ1) is 18.0. The van der Waals surface area contributed by atoms with Crippen molar-refractivity contribution in [2.45, 2.75) is 52.4 Å². The molecule has 2 nitrogen and oxygen atoms in total. The van der Waals surface area contributed by atoms with Crippen LogP contribution in [0.5, 0.6) is 0 Å². The Bertz CT molecular complexity index is 348. The molecule has 0 N–H and O–H groups in total. The van der Waals surface area contributed by atoms with Crippen molar-refractivity contribution in [1.82, 2.24) is 4.90 Å². The molecule has 2 heteroatoms. The van der Waals surface area contributed by atoms with Crippen LogP contribution < -0.4 is 4.90 Å². The van der Waals surface area contributed by atoms with Gasteiger partial charge in [-0.05, 0) is 64.0 Å². The number of anilines is 1. The maximum absolute atomic E-state index is 2.55. The maximum atomic E-state index is 2.55. The molecule has 0 heterocycles. The summed E-state index contributed by atoms with van der Waals surface area (Å²) in [5.74, 6) is 0. The second kappa shape index (κ2) is 10.7. The Kier molecular flexibility index (Phi) is 9.16. The monoisotopic (exact) mass is 290 g/mol.